The largest absolute Gasteiger partial charge is 0.464 e. The lowest BCUT2D eigenvalue weighted by Gasteiger charge is -2.34. The summed E-state index contributed by atoms with van der Waals surface area (Å²) in [6.45, 7) is 4.92. The van der Waals surface area contributed by atoms with Gasteiger partial charge < -0.3 is 24.4 Å². The Kier molecular flexibility index (Phi) is 8.27. The Morgan fingerprint density at radius 1 is 1.35 bits per heavy atom. The van der Waals surface area contributed by atoms with E-state index in [0.717, 1.165) is 61.9 Å². The van der Waals surface area contributed by atoms with E-state index in [-0.39, 0.29) is 4.92 Å². The lowest BCUT2D eigenvalue weighted by molar-refractivity contribution is -0.404. The highest BCUT2D eigenvalue weighted by Crippen LogP contribution is 2.16. The molecular formula is C17H29N5O3S. The summed E-state index contributed by atoms with van der Waals surface area (Å²) in [5.74, 6) is 4.20. The highest BCUT2D eigenvalue weighted by molar-refractivity contribution is 7.98. The first-order valence-corrected chi connectivity index (χ1v) is 9.92. The van der Waals surface area contributed by atoms with Gasteiger partial charge in [0.05, 0.1) is 17.2 Å². The Balaban J connectivity index is 1.72. The molecule has 1 aliphatic rings. The van der Waals surface area contributed by atoms with Crippen LogP contribution in [0.15, 0.2) is 28.6 Å². The molecule has 0 aromatic carbocycles. The number of nitro groups is 1. The monoisotopic (exact) mass is 383 g/mol. The second-order valence-corrected chi connectivity index (χ2v) is 7.78. The zero-order chi connectivity index (χ0) is 18.9. The first kappa shape index (κ1) is 20.6. The summed E-state index contributed by atoms with van der Waals surface area (Å²) < 4.78 is 5.78. The van der Waals surface area contributed by atoms with E-state index < -0.39 is 0 Å². The minimum Gasteiger partial charge on any atom is -0.464 e. The average Bonchev–Trinajstić information content (AvgIpc) is 3.00. The molecule has 2 heterocycles. The molecule has 2 rings (SSSR count). The molecule has 1 fully saturated rings. The molecule has 1 saturated heterocycles. The van der Waals surface area contributed by atoms with Crippen molar-refractivity contribution in [3.63, 3.8) is 0 Å². The number of nitrogens with zero attached hydrogens (tertiary/aromatic N) is 4. The Bertz CT molecular complexity index is 597. The lowest BCUT2D eigenvalue weighted by atomic mass is 10.3. The van der Waals surface area contributed by atoms with Crippen LogP contribution in [0.5, 0.6) is 0 Å². The molecule has 0 atom stereocenters. The van der Waals surface area contributed by atoms with E-state index in [1.807, 2.05) is 31.1 Å². The van der Waals surface area contributed by atoms with Gasteiger partial charge in [-0.1, -0.05) is 0 Å². The van der Waals surface area contributed by atoms with E-state index in [1.165, 1.54) is 0 Å². The third-order valence-corrected chi connectivity index (χ3v) is 5.04. The molecule has 0 bridgehead atoms. The highest BCUT2D eigenvalue weighted by Gasteiger charge is 2.18. The van der Waals surface area contributed by atoms with Crippen molar-refractivity contribution >= 4 is 11.8 Å². The number of furan rings is 1. The number of hydrogen-bond donors (Lipinski definition) is 1. The van der Waals surface area contributed by atoms with Gasteiger partial charge in [0, 0.05) is 38.5 Å². The molecule has 146 valence electrons. The van der Waals surface area contributed by atoms with Crippen LogP contribution in [0.3, 0.4) is 0 Å². The molecule has 0 amide bonds. The van der Waals surface area contributed by atoms with E-state index >= 15 is 0 Å². The van der Waals surface area contributed by atoms with E-state index in [1.54, 1.807) is 11.8 Å². The molecule has 1 aromatic rings. The SMILES string of the molecule is CN(C)Cc1ccc(CSCCN/C(=C/[N+](=O)[O-])N2CCN(C)CC2)o1. The van der Waals surface area contributed by atoms with Crippen LogP contribution in [0.4, 0.5) is 0 Å². The maximum atomic E-state index is 10.9. The Morgan fingerprint density at radius 2 is 2.04 bits per heavy atom. The quantitative estimate of drug-likeness (QED) is 0.370. The fraction of sp³-hybridized carbons (Fsp3) is 0.647. The Morgan fingerprint density at radius 3 is 2.69 bits per heavy atom. The van der Waals surface area contributed by atoms with Crippen LogP contribution in [0.1, 0.15) is 11.5 Å². The molecule has 8 nitrogen and oxygen atoms in total. The van der Waals surface area contributed by atoms with Gasteiger partial charge in [0.2, 0.25) is 0 Å². The van der Waals surface area contributed by atoms with Crippen molar-refractivity contribution in [2.75, 3.05) is 59.6 Å². The van der Waals surface area contributed by atoms with Gasteiger partial charge in [-0.15, -0.1) is 0 Å². The average molecular weight is 384 g/mol. The number of thioether (sulfide) groups is 1. The minimum absolute atomic E-state index is 0.386. The zero-order valence-electron chi connectivity index (χ0n) is 15.8. The molecular weight excluding hydrogens is 354 g/mol. The van der Waals surface area contributed by atoms with Crippen molar-refractivity contribution < 1.29 is 9.34 Å². The first-order chi connectivity index (χ1) is 12.4. The van der Waals surface area contributed by atoms with Crippen LogP contribution < -0.4 is 5.32 Å². The van der Waals surface area contributed by atoms with E-state index in [0.29, 0.717) is 12.4 Å². The minimum atomic E-state index is -0.386. The van der Waals surface area contributed by atoms with E-state index in [2.05, 4.69) is 22.2 Å². The van der Waals surface area contributed by atoms with Gasteiger partial charge in [-0.25, -0.2) is 0 Å². The van der Waals surface area contributed by atoms with Gasteiger partial charge in [0.25, 0.3) is 6.20 Å². The van der Waals surface area contributed by atoms with Crippen LogP contribution in [0, 0.1) is 10.1 Å². The summed E-state index contributed by atoms with van der Waals surface area (Å²) in [5, 5.41) is 14.1. The number of rotatable bonds is 10. The predicted molar refractivity (Wildman–Crippen MR) is 104 cm³/mol. The summed E-state index contributed by atoms with van der Waals surface area (Å²) in [5.41, 5.74) is 0. The van der Waals surface area contributed by atoms with Crippen LogP contribution in [-0.2, 0) is 12.3 Å². The standard InChI is InChI=1S/C17H29N5O3S/c1-19(2)12-15-4-5-16(25-15)14-26-11-6-18-17(13-22(23)24)21-9-7-20(3)8-10-21/h4-5,13,18H,6-12,14H2,1-3H3/b17-13-. The molecule has 0 saturated carbocycles. The molecule has 9 heteroatoms. The third-order valence-electron chi connectivity index (χ3n) is 4.06. The third kappa shape index (κ3) is 7.27. The zero-order valence-corrected chi connectivity index (χ0v) is 16.6. The summed E-state index contributed by atoms with van der Waals surface area (Å²) in [6.07, 6.45) is 1.08. The highest BCUT2D eigenvalue weighted by atomic mass is 32.2. The molecule has 0 spiro atoms. The van der Waals surface area contributed by atoms with Gasteiger partial charge in [-0.05, 0) is 33.3 Å². The normalized spacial score (nSPS) is 16.3. The number of likely N-dealkylation sites (N-methyl/N-ethyl adjacent to an activating group) is 1. The second kappa shape index (κ2) is 10.4. The fourth-order valence-electron chi connectivity index (χ4n) is 2.71. The van der Waals surface area contributed by atoms with Gasteiger partial charge in [-0.2, -0.15) is 11.8 Å². The van der Waals surface area contributed by atoms with Gasteiger partial charge in [0.1, 0.15) is 11.5 Å². The maximum Gasteiger partial charge on any atom is 0.274 e. The summed E-state index contributed by atoms with van der Waals surface area (Å²) in [7, 11) is 6.09. The lowest BCUT2D eigenvalue weighted by Crippen LogP contribution is -2.46. The topological polar surface area (TPSA) is 78.0 Å². The van der Waals surface area contributed by atoms with Crippen LogP contribution in [-0.4, -0.2) is 79.2 Å². The van der Waals surface area contributed by atoms with Crippen molar-refractivity contribution in [1.82, 2.24) is 20.0 Å². The van der Waals surface area contributed by atoms with Gasteiger partial charge in [0.15, 0.2) is 5.82 Å². The van der Waals surface area contributed by atoms with Crippen LogP contribution in [0.25, 0.3) is 0 Å². The van der Waals surface area contributed by atoms with Crippen molar-refractivity contribution in [1.29, 1.82) is 0 Å². The molecule has 1 N–H and O–H groups in total. The molecule has 0 unspecified atom stereocenters. The molecule has 0 radical (unpaired) electrons. The maximum absolute atomic E-state index is 10.9. The molecule has 0 aliphatic carbocycles. The second-order valence-electron chi connectivity index (χ2n) is 6.68. The van der Waals surface area contributed by atoms with Crippen molar-refractivity contribution in [3.8, 4) is 0 Å². The number of piperazine rings is 1. The number of hydrogen-bond acceptors (Lipinski definition) is 8. The summed E-state index contributed by atoms with van der Waals surface area (Å²) in [4.78, 5) is 16.9. The van der Waals surface area contributed by atoms with Crippen molar-refractivity contribution in [2.24, 2.45) is 0 Å². The predicted octanol–water partition coefficient (Wildman–Crippen LogP) is 1.49. The van der Waals surface area contributed by atoms with E-state index in [4.69, 9.17) is 4.42 Å². The van der Waals surface area contributed by atoms with Gasteiger partial charge in [-0.3, -0.25) is 10.1 Å². The summed E-state index contributed by atoms with van der Waals surface area (Å²) >= 11 is 1.75. The van der Waals surface area contributed by atoms with Crippen molar-refractivity contribution in [2.45, 2.75) is 12.3 Å². The van der Waals surface area contributed by atoms with E-state index in [9.17, 15) is 10.1 Å². The van der Waals surface area contributed by atoms with Crippen molar-refractivity contribution in [3.05, 3.63) is 45.8 Å². The smallest absolute Gasteiger partial charge is 0.274 e. The van der Waals surface area contributed by atoms with Crippen LogP contribution >= 0.6 is 11.8 Å². The fourth-order valence-corrected chi connectivity index (χ4v) is 3.45. The Hall–Kier alpha value is -1.71. The van der Waals surface area contributed by atoms with Crippen LogP contribution in [0.2, 0.25) is 0 Å². The number of nitrogens with one attached hydrogen (secondary N) is 1. The summed E-state index contributed by atoms with van der Waals surface area (Å²) in [6, 6.07) is 4.03. The molecule has 26 heavy (non-hydrogen) atoms. The molecule has 1 aromatic heterocycles. The Labute approximate surface area is 159 Å². The first-order valence-electron chi connectivity index (χ1n) is 8.77. The molecule has 1 aliphatic heterocycles. The van der Waals surface area contributed by atoms with Gasteiger partial charge >= 0.3 is 0 Å².